The number of aliphatic hydroxyl groups is 1. The van der Waals surface area contributed by atoms with Gasteiger partial charge in [0.15, 0.2) is 0 Å². The molecular weight excluding hydrogens is 470 g/mol. The lowest BCUT2D eigenvalue weighted by atomic mass is 9.46. The van der Waals surface area contributed by atoms with Crippen molar-refractivity contribution in [3.05, 3.63) is 11.6 Å². The Labute approximate surface area is 233 Å². The largest absolute Gasteiger partial charge is 0.393 e. The highest BCUT2D eigenvalue weighted by Gasteiger charge is 2.66. The van der Waals surface area contributed by atoms with Gasteiger partial charge >= 0.3 is 0 Å². The van der Waals surface area contributed by atoms with Gasteiger partial charge < -0.3 is 10.4 Å². The van der Waals surface area contributed by atoms with E-state index in [1.54, 1.807) is 0 Å². The van der Waals surface area contributed by atoms with E-state index < -0.39 is 5.92 Å². The van der Waals surface area contributed by atoms with Crippen molar-refractivity contribution in [3.8, 4) is 0 Å². The molecule has 0 saturated heterocycles. The van der Waals surface area contributed by atoms with E-state index >= 15 is 0 Å². The lowest BCUT2D eigenvalue weighted by Gasteiger charge is -2.58. The zero-order chi connectivity index (χ0) is 27.7. The first-order chi connectivity index (χ1) is 18.0. The zero-order valence-electron chi connectivity index (χ0n) is 25.4. The Balaban J connectivity index is 1.62. The Kier molecular flexibility index (Phi) is 9.53. The van der Waals surface area contributed by atoms with Crippen LogP contribution in [0.4, 0.5) is 0 Å². The average molecular weight is 528 g/mol. The van der Waals surface area contributed by atoms with E-state index in [0.717, 1.165) is 64.2 Å². The smallest absolute Gasteiger partial charge is 0.230 e. The summed E-state index contributed by atoms with van der Waals surface area (Å²) in [6.07, 6.45) is 16.0. The second-order valence-electron chi connectivity index (χ2n) is 14.6. The Morgan fingerprint density at radius 3 is 2.55 bits per heavy atom. The summed E-state index contributed by atoms with van der Waals surface area (Å²) >= 11 is 0. The fraction of sp³-hybridized carbons (Fsp3) is 0.882. The van der Waals surface area contributed by atoms with Gasteiger partial charge in [-0.05, 0) is 91.8 Å². The highest BCUT2D eigenvalue weighted by Crippen LogP contribution is 2.68. The molecule has 3 fully saturated rings. The van der Waals surface area contributed by atoms with Crippen molar-refractivity contribution in [1.29, 1.82) is 0 Å². The van der Waals surface area contributed by atoms with Gasteiger partial charge in [-0.2, -0.15) is 0 Å². The molecule has 1 amide bonds. The number of nitrogens with one attached hydrogen (secondary N) is 1. The highest BCUT2D eigenvalue weighted by molar-refractivity contribution is 6.05. The molecule has 0 aromatic heterocycles. The van der Waals surface area contributed by atoms with Crippen LogP contribution in [0, 0.1) is 52.3 Å². The van der Waals surface area contributed by atoms with Crippen LogP contribution in [0.2, 0.25) is 0 Å². The number of carbonyl (C=O) groups is 2. The number of aliphatic hydroxyl groups excluding tert-OH is 1. The van der Waals surface area contributed by atoms with Gasteiger partial charge in [-0.15, -0.1) is 0 Å². The summed E-state index contributed by atoms with van der Waals surface area (Å²) < 4.78 is 0. The normalized spacial score (nSPS) is 39.3. The molecule has 0 spiro atoms. The number of ketones is 1. The molecule has 0 heterocycles. The number of unbranched alkanes of at least 4 members (excludes halogenated alkanes) is 3. The molecule has 1 unspecified atom stereocenters. The Bertz CT molecular complexity index is 879. The van der Waals surface area contributed by atoms with Gasteiger partial charge in [0.05, 0.1) is 6.10 Å². The molecular formula is C34H57NO3. The predicted molar refractivity (Wildman–Crippen MR) is 155 cm³/mol. The van der Waals surface area contributed by atoms with Crippen LogP contribution in [0.5, 0.6) is 0 Å². The molecule has 4 aliphatic carbocycles. The van der Waals surface area contributed by atoms with E-state index in [4.69, 9.17) is 0 Å². The van der Waals surface area contributed by atoms with E-state index in [-0.39, 0.29) is 40.5 Å². The minimum Gasteiger partial charge on any atom is -0.393 e. The minimum absolute atomic E-state index is 0.0113. The molecule has 0 aromatic carbocycles. The Morgan fingerprint density at radius 1 is 1.08 bits per heavy atom. The predicted octanol–water partition coefficient (Wildman–Crippen LogP) is 7.49. The zero-order valence-corrected chi connectivity index (χ0v) is 25.4. The molecule has 4 heteroatoms. The van der Waals surface area contributed by atoms with Gasteiger partial charge in [0, 0.05) is 12.5 Å². The first-order valence-electron chi connectivity index (χ1n) is 16.2. The van der Waals surface area contributed by atoms with Crippen LogP contribution in [0.1, 0.15) is 125 Å². The summed E-state index contributed by atoms with van der Waals surface area (Å²) in [6.45, 7) is 14.6. The van der Waals surface area contributed by atoms with Gasteiger partial charge in [0.2, 0.25) is 5.91 Å². The maximum Gasteiger partial charge on any atom is 0.230 e. The molecule has 0 radical (unpaired) electrons. The van der Waals surface area contributed by atoms with Crippen molar-refractivity contribution in [2.24, 2.45) is 52.3 Å². The van der Waals surface area contributed by atoms with Crippen molar-refractivity contribution in [1.82, 2.24) is 5.32 Å². The van der Waals surface area contributed by atoms with E-state index in [2.05, 4.69) is 52.9 Å². The maximum absolute atomic E-state index is 14.4. The van der Waals surface area contributed by atoms with Crippen molar-refractivity contribution >= 4 is 11.7 Å². The third kappa shape index (κ3) is 5.54. The lowest BCUT2D eigenvalue weighted by Crippen LogP contribution is -2.53. The standard InChI is InChI=1S/C34H57NO3/c1-7-8-9-10-20-35-32(38)28-30-26-15-14-24-21-25(36)16-18-33(24,5)27(26)17-19-34(30,6)29(31(28)37)23(4)13-11-12-22(2)3/h14,22-23,25-30,36H,7-13,15-21H2,1-6H3,(H,35,38)/t23-,25+,26-,27+,28?,29+,30-,33+,34-/m1/s1. The summed E-state index contributed by atoms with van der Waals surface area (Å²) in [7, 11) is 0. The van der Waals surface area contributed by atoms with Gasteiger partial charge in [0.1, 0.15) is 11.7 Å². The second-order valence-corrected chi connectivity index (χ2v) is 14.6. The van der Waals surface area contributed by atoms with Crippen molar-refractivity contribution in [3.63, 3.8) is 0 Å². The minimum atomic E-state index is -0.496. The second kappa shape index (κ2) is 12.1. The van der Waals surface area contributed by atoms with Gasteiger partial charge in [-0.1, -0.05) is 85.3 Å². The van der Waals surface area contributed by atoms with E-state index in [1.165, 1.54) is 24.8 Å². The Morgan fingerprint density at radius 2 is 1.84 bits per heavy atom. The quantitative estimate of drug-likeness (QED) is 0.166. The fourth-order valence-electron chi connectivity index (χ4n) is 9.72. The molecule has 216 valence electrons. The molecule has 0 aliphatic heterocycles. The van der Waals surface area contributed by atoms with E-state index in [1.807, 2.05) is 0 Å². The SMILES string of the molecule is CCCCCCNC(=O)C1C(=O)[C@H]([C@H](C)CCCC(C)C)[C@@]2(C)CC[C@H]3[C@@H](CC=C4C[C@@H](O)CC[C@@]43C)[C@H]12. The topological polar surface area (TPSA) is 66.4 Å². The van der Waals surface area contributed by atoms with Crippen LogP contribution < -0.4 is 5.32 Å². The molecule has 3 saturated carbocycles. The molecule has 4 nitrogen and oxygen atoms in total. The lowest BCUT2D eigenvalue weighted by molar-refractivity contribution is -0.137. The van der Waals surface area contributed by atoms with Gasteiger partial charge in [-0.25, -0.2) is 0 Å². The van der Waals surface area contributed by atoms with Gasteiger partial charge in [0.25, 0.3) is 0 Å². The molecule has 4 rings (SSSR count). The van der Waals surface area contributed by atoms with Crippen LogP contribution in [0.15, 0.2) is 11.6 Å². The Hall–Kier alpha value is -1.16. The van der Waals surface area contributed by atoms with E-state index in [0.29, 0.717) is 30.2 Å². The maximum atomic E-state index is 14.4. The third-order valence-electron chi connectivity index (χ3n) is 11.7. The molecule has 0 bridgehead atoms. The van der Waals surface area contributed by atoms with Crippen LogP contribution in [0.25, 0.3) is 0 Å². The van der Waals surface area contributed by atoms with Crippen molar-refractivity contribution < 1.29 is 14.7 Å². The number of fused-ring (bicyclic) bond motifs is 5. The number of allylic oxidation sites excluding steroid dienone is 1. The summed E-state index contributed by atoms with van der Waals surface area (Å²) in [5, 5.41) is 13.6. The molecule has 2 N–H and O–H groups in total. The number of rotatable bonds is 11. The van der Waals surface area contributed by atoms with Gasteiger partial charge in [-0.3, -0.25) is 9.59 Å². The van der Waals surface area contributed by atoms with Crippen LogP contribution in [0.3, 0.4) is 0 Å². The summed E-state index contributed by atoms with van der Waals surface area (Å²) in [5.41, 5.74) is 1.45. The number of Topliss-reactive ketones (excluding diaryl/α,β-unsaturated/α-hetero) is 1. The number of amides is 1. The van der Waals surface area contributed by atoms with Crippen LogP contribution in [-0.2, 0) is 9.59 Å². The monoisotopic (exact) mass is 527 g/mol. The van der Waals surface area contributed by atoms with Crippen molar-refractivity contribution in [2.45, 2.75) is 131 Å². The number of hydrogen-bond donors (Lipinski definition) is 2. The molecule has 38 heavy (non-hydrogen) atoms. The fourth-order valence-corrected chi connectivity index (χ4v) is 9.72. The third-order valence-corrected chi connectivity index (χ3v) is 11.7. The summed E-state index contributed by atoms with van der Waals surface area (Å²) in [4.78, 5) is 28.2. The van der Waals surface area contributed by atoms with Crippen LogP contribution >= 0.6 is 0 Å². The van der Waals surface area contributed by atoms with E-state index in [9.17, 15) is 14.7 Å². The molecule has 9 atom stereocenters. The molecule has 4 aliphatic rings. The first kappa shape index (κ1) is 29.8. The first-order valence-corrected chi connectivity index (χ1v) is 16.2. The van der Waals surface area contributed by atoms with Crippen molar-refractivity contribution in [2.75, 3.05) is 6.54 Å². The average Bonchev–Trinajstić information content (AvgIpc) is 3.10. The highest BCUT2D eigenvalue weighted by atomic mass is 16.3. The van der Waals surface area contributed by atoms with Crippen LogP contribution in [-0.4, -0.2) is 29.4 Å². The summed E-state index contributed by atoms with van der Waals surface area (Å²) in [5.74, 6) is 1.78. The number of hydrogen-bond acceptors (Lipinski definition) is 3. The summed E-state index contributed by atoms with van der Waals surface area (Å²) in [6, 6.07) is 0. The number of carbonyl (C=O) groups excluding carboxylic acids is 2. The molecule has 0 aromatic rings.